The Balaban J connectivity index is 1.71. The molecule has 9 heteroatoms. The van der Waals surface area contributed by atoms with E-state index in [0.717, 1.165) is 5.56 Å². The van der Waals surface area contributed by atoms with Gasteiger partial charge in [-0.05, 0) is 36.2 Å². The van der Waals surface area contributed by atoms with Gasteiger partial charge in [0, 0.05) is 19.5 Å². The van der Waals surface area contributed by atoms with Gasteiger partial charge in [0.2, 0.25) is 22.0 Å². The van der Waals surface area contributed by atoms with Crippen molar-refractivity contribution >= 4 is 27.6 Å². The SMILES string of the molecule is CCN(CC)S(=O)(=O)c1ccc(CCC(=O)N2C[C@@H](C(=O)OC)Oc3ccccc32)cc1. The Hall–Kier alpha value is -2.91. The molecule has 0 N–H and O–H groups in total. The van der Waals surface area contributed by atoms with Crippen LogP contribution in [-0.4, -0.2) is 57.4 Å². The van der Waals surface area contributed by atoms with E-state index in [9.17, 15) is 18.0 Å². The lowest BCUT2D eigenvalue weighted by Gasteiger charge is -2.33. The number of anilines is 1. The van der Waals surface area contributed by atoms with E-state index in [0.29, 0.717) is 30.9 Å². The van der Waals surface area contributed by atoms with Gasteiger partial charge in [-0.25, -0.2) is 13.2 Å². The predicted octanol–water partition coefficient (Wildman–Crippen LogP) is 2.62. The Morgan fingerprint density at radius 2 is 1.75 bits per heavy atom. The first kappa shape index (κ1) is 23.7. The summed E-state index contributed by atoms with van der Waals surface area (Å²) >= 11 is 0. The molecule has 172 valence electrons. The molecule has 0 unspecified atom stereocenters. The van der Waals surface area contributed by atoms with Crippen molar-refractivity contribution in [2.24, 2.45) is 0 Å². The van der Waals surface area contributed by atoms with Crippen LogP contribution in [0.25, 0.3) is 0 Å². The molecule has 0 saturated heterocycles. The average molecular weight is 461 g/mol. The molecular weight excluding hydrogens is 432 g/mol. The lowest BCUT2D eigenvalue weighted by Crippen LogP contribution is -2.47. The number of rotatable bonds is 8. The highest BCUT2D eigenvalue weighted by atomic mass is 32.2. The van der Waals surface area contributed by atoms with Crippen LogP contribution in [0.3, 0.4) is 0 Å². The number of carbonyl (C=O) groups is 2. The first-order valence-electron chi connectivity index (χ1n) is 10.5. The van der Waals surface area contributed by atoms with Gasteiger partial charge in [-0.1, -0.05) is 38.1 Å². The second-order valence-electron chi connectivity index (χ2n) is 7.33. The standard InChI is InChI=1S/C23H28N2O6S/c1-4-24(5-2)32(28,29)18-13-10-17(11-14-18)12-15-22(26)25-16-21(23(27)30-3)31-20-9-7-6-8-19(20)25/h6-11,13-14,21H,4-5,12,15-16H2,1-3H3/t21-/m0/s1. The summed E-state index contributed by atoms with van der Waals surface area (Å²) in [4.78, 5) is 26.8. The molecule has 0 aliphatic carbocycles. The van der Waals surface area contributed by atoms with Crippen molar-refractivity contribution < 1.29 is 27.5 Å². The lowest BCUT2D eigenvalue weighted by atomic mass is 10.1. The molecule has 1 amide bonds. The number of amides is 1. The van der Waals surface area contributed by atoms with E-state index >= 15 is 0 Å². The molecule has 0 saturated carbocycles. The molecule has 1 atom stereocenters. The topological polar surface area (TPSA) is 93.2 Å². The fourth-order valence-electron chi connectivity index (χ4n) is 3.65. The third-order valence-electron chi connectivity index (χ3n) is 5.43. The minimum absolute atomic E-state index is 0.0730. The van der Waals surface area contributed by atoms with Crippen molar-refractivity contribution in [3.8, 4) is 5.75 Å². The highest BCUT2D eigenvalue weighted by Crippen LogP contribution is 2.34. The molecule has 1 aliphatic heterocycles. The van der Waals surface area contributed by atoms with E-state index in [4.69, 9.17) is 9.47 Å². The number of methoxy groups -OCH3 is 1. The largest absolute Gasteiger partial charge is 0.475 e. The molecule has 1 aliphatic rings. The molecule has 2 aromatic rings. The number of nitrogens with zero attached hydrogens (tertiary/aromatic N) is 2. The number of carbonyl (C=O) groups excluding carboxylic acids is 2. The Bertz CT molecular complexity index is 1060. The minimum Gasteiger partial charge on any atom is -0.475 e. The zero-order valence-electron chi connectivity index (χ0n) is 18.5. The van der Waals surface area contributed by atoms with Crippen molar-refractivity contribution in [3.63, 3.8) is 0 Å². The van der Waals surface area contributed by atoms with Crippen molar-refractivity contribution in [1.29, 1.82) is 0 Å². The van der Waals surface area contributed by atoms with Gasteiger partial charge in [-0.15, -0.1) is 0 Å². The summed E-state index contributed by atoms with van der Waals surface area (Å²) < 4.78 is 37.1. The van der Waals surface area contributed by atoms with Crippen LogP contribution in [0.2, 0.25) is 0 Å². The van der Waals surface area contributed by atoms with Gasteiger partial charge in [-0.2, -0.15) is 4.31 Å². The molecule has 0 radical (unpaired) electrons. The smallest absolute Gasteiger partial charge is 0.348 e. The molecule has 0 fully saturated rings. The Labute approximate surface area is 188 Å². The lowest BCUT2D eigenvalue weighted by molar-refractivity contribution is -0.148. The van der Waals surface area contributed by atoms with Crippen molar-refractivity contribution in [2.45, 2.75) is 37.7 Å². The van der Waals surface area contributed by atoms with E-state index < -0.39 is 22.1 Å². The fourth-order valence-corrected chi connectivity index (χ4v) is 5.11. The van der Waals surface area contributed by atoms with Crippen LogP contribution in [0.1, 0.15) is 25.8 Å². The van der Waals surface area contributed by atoms with Crippen LogP contribution < -0.4 is 9.64 Å². The summed E-state index contributed by atoms with van der Waals surface area (Å²) in [5, 5.41) is 0. The summed E-state index contributed by atoms with van der Waals surface area (Å²) in [6, 6.07) is 13.7. The molecule has 32 heavy (non-hydrogen) atoms. The second kappa shape index (κ2) is 10.1. The van der Waals surface area contributed by atoms with Crippen molar-refractivity contribution in [3.05, 3.63) is 54.1 Å². The Kier molecular flexibility index (Phi) is 7.52. The quantitative estimate of drug-likeness (QED) is 0.562. The number of sulfonamides is 1. The predicted molar refractivity (Wildman–Crippen MR) is 120 cm³/mol. The van der Waals surface area contributed by atoms with Gasteiger partial charge in [0.25, 0.3) is 0 Å². The number of fused-ring (bicyclic) bond motifs is 1. The van der Waals surface area contributed by atoms with Gasteiger partial charge >= 0.3 is 5.97 Å². The van der Waals surface area contributed by atoms with Crippen LogP contribution in [-0.2, 0) is 30.8 Å². The zero-order chi connectivity index (χ0) is 23.3. The minimum atomic E-state index is -3.52. The van der Waals surface area contributed by atoms with Crippen molar-refractivity contribution in [2.75, 3.05) is 31.6 Å². The molecule has 8 nitrogen and oxygen atoms in total. The van der Waals surface area contributed by atoms with E-state index in [1.54, 1.807) is 67.3 Å². The normalized spacial score (nSPS) is 15.8. The fraction of sp³-hybridized carbons (Fsp3) is 0.391. The third kappa shape index (κ3) is 4.94. The monoisotopic (exact) mass is 460 g/mol. The number of ether oxygens (including phenoxy) is 2. The molecular formula is C23H28N2O6S. The summed E-state index contributed by atoms with van der Waals surface area (Å²) in [7, 11) is -2.24. The molecule has 0 bridgehead atoms. The van der Waals surface area contributed by atoms with Gasteiger partial charge in [0.1, 0.15) is 5.75 Å². The number of para-hydroxylation sites is 2. The van der Waals surface area contributed by atoms with E-state index in [1.165, 1.54) is 11.4 Å². The van der Waals surface area contributed by atoms with Crippen LogP contribution >= 0.6 is 0 Å². The van der Waals surface area contributed by atoms with Gasteiger partial charge in [-0.3, -0.25) is 4.79 Å². The molecule has 0 aromatic heterocycles. The maximum absolute atomic E-state index is 13.0. The molecule has 0 spiro atoms. The summed E-state index contributed by atoms with van der Waals surface area (Å²) in [5.74, 6) is -0.245. The zero-order valence-corrected chi connectivity index (χ0v) is 19.3. The number of benzene rings is 2. The van der Waals surface area contributed by atoms with Crippen molar-refractivity contribution in [1.82, 2.24) is 4.31 Å². The number of hydrogen-bond acceptors (Lipinski definition) is 6. The maximum Gasteiger partial charge on any atom is 0.348 e. The maximum atomic E-state index is 13.0. The number of hydrogen-bond donors (Lipinski definition) is 0. The Morgan fingerprint density at radius 3 is 2.38 bits per heavy atom. The molecule has 2 aromatic carbocycles. The first-order valence-corrected chi connectivity index (χ1v) is 12.0. The highest BCUT2D eigenvalue weighted by molar-refractivity contribution is 7.89. The summed E-state index contributed by atoms with van der Waals surface area (Å²) in [6.45, 7) is 4.49. The van der Waals surface area contributed by atoms with Gasteiger partial charge in [0.05, 0.1) is 24.2 Å². The number of esters is 1. The molecule has 1 heterocycles. The van der Waals surface area contributed by atoms with Crippen LogP contribution in [0.5, 0.6) is 5.75 Å². The van der Waals surface area contributed by atoms with E-state index in [2.05, 4.69) is 0 Å². The second-order valence-corrected chi connectivity index (χ2v) is 9.27. The summed E-state index contributed by atoms with van der Waals surface area (Å²) in [6.07, 6.45) is -0.250. The molecule has 3 rings (SSSR count). The van der Waals surface area contributed by atoms with Crippen LogP contribution in [0.4, 0.5) is 5.69 Å². The van der Waals surface area contributed by atoms with Gasteiger partial charge in [0.15, 0.2) is 0 Å². The first-order chi connectivity index (χ1) is 15.3. The Morgan fingerprint density at radius 1 is 1.09 bits per heavy atom. The van der Waals surface area contributed by atoms with Gasteiger partial charge < -0.3 is 14.4 Å². The third-order valence-corrected chi connectivity index (χ3v) is 7.50. The average Bonchev–Trinajstić information content (AvgIpc) is 2.82. The van der Waals surface area contributed by atoms with E-state index in [-0.39, 0.29) is 23.8 Å². The van der Waals surface area contributed by atoms with Crippen LogP contribution in [0.15, 0.2) is 53.4 Å². The number of aryl methyl sites for hydroxylation is 1. The highest BCUT2D eigenvalue weighted by Gasteiger charge is 2.34. The van der Waals surface area contributed by atoms with Crippen LogP contribution in [0, 0.1) is 0 Å². The van der Waals surface area contributed by atoms with E-state index in [1.807, 2.05) is 0 Å². The summed E-state index contributed by atoms with van der Waals surface area (Å²) in [5.41, 5.74) is 1.46.